The average Bonchev–Trinajstić information content (AvgIpc) is 3.68. The van der Waals surface area contributed by atoms with Gasteiger partial charge in [0.15, 0.2) is 0 Å². The summed E-state index contributed by atoms with van der Waals surface area (Å²) in [6, 6.07) is 8.89. The van der Waals surface area contributed by atoms with Gasteiger partial charge in [-0.25, -0.2) is 4.98 Å². The van der Waals surface area contributed by atoms with Crippen LogP contribution in [-0.2, 0) is 24.8 Å². The molecule has 0 spiro atoms. The van der Waals surface area contributed by atoms with Crippen LogP contribution in [0.3, 0.4) is 0 Å². The number of aromatic nitrogens is 1. The fourth-order valence-electron chi connectivity index (χ4n) is 5.32. The van der Waals surface area contributed by atoms with E-state index in [1.54, 1.807) is 0 Å². The van der Waals surface area contributed by atoms with Crippen LogP contribution in [0.25, 0.3) is 0 Å². The van der Waals surface area contributed by atoms with E-state index in [9.17, 15) is 0 Å². The number of allylic oxidation sites excluding steroid dienone is 1. The van der Waals surface area contributed by atoms with E-state index in [2.05, 4.69) is 54.9 Å². The molecule has 4 nitrogen and oxygen atoms in total. The van der Waals surface area contributed by atoms with Gasteiger partial charge in [0.05, 0.1) is 5.69 Å². The summed E-state index contributed by atoms with van der Waals surface area (Å²) in [5.74, 6) is 4.73. The predicted octanol–water partition coefficient (Wildman–Crippen LogP) is 5.99. The third-order valence-corrected chi connectivity index (χ3v) is 7.66. The first-order valence-electron chi connectivity index (χ1n) is 12.5. The highest BCUT2D eigenvalue weighted by Gasteiger charge is 2.35. The molecule has 2 fully saturated rings. The number of rotatable bonds is 8. The zero-order chi connectivity index (χ0) is 21.9. The third-order valence-electron chi connectivity index (χ3n) is 7.66. The molecule has 0 saturated heterocycles. The van der Waals surface area contributed by atoms with Crippen LogP contribution in [0, 0.1) is 11.8 Å². The number of nitrogens with one attached hydrogen (secondary N) is 1. The second-order valence-corrected chi connectivity index (χ2v) is 11.1. The number of pyridine rings is 1. The van der Waals surface area contributed by atoms with Crippen LogP contribution in [-0.4, -0.2) is 18.1 Å². The zero-order valence-electron chi connectivity index (χ0n) is 19.5. The predicted molar refractivity (Wildman–Crippen MR) is 130 cm³/mol. The summed E-state index contributed by atoms with van der Waals surface area (Å²) in [7, 11) is 0. The van der Waals surface area contributed by atoms with Crippen LogP contribution in [0.2, 0.25) is 0 Å². The van der Waals surface area contributed by atoms with Gasteiger partial charge in [0.25, 0.3) is 0 Å². The summed E-state index contributed by atoms with van der Waals surface area (Å²) in [5.41, 5.74) is 6.62. The van der Waals surface area contributed by atoms with E-state index in [-0.39, 0.29) is 5.41 Å². The van der Waals surface area contributed by atoms with Crippen molar-refractivity contribution in [3.8, 4) is 5.75 Å². The largest absolute Gasteiger partial charge is 0.462 e. The summed E-state index contributed by atoms with van der Waals surface area (Å²) in [6.45, 7) is 11.8. The molecule has 0 unspecified atom stereocenters. The maximum absolute atomic E-state index is 5.79. The van der Waals surface area contributed by atoms with E-state index in [4.69, 9.17) is 9.72 Å². The van der Waals surface area contributed by atoms with E-state index < -0.39 is 0 Å². The van der Waals surface area contributed by atoms with Crippen molar-refractivity contribution < 1.29 is 4.74 Å². The minimum absolute atomic E-state index is 0.181. The molecule has 2 saturated carbocycles. The molecule has 1 N–H and O–H groups in total. The minimum atomic E-state index is 0.181. The first kappa shape index (κ1) is 20.1. The van der Waals surface area contributed by atoms with E-state index in [1.165, 1.54) is 73.4 Å². The van der Waals surface area contributed by atoms with Crippen LogP contribution in [0.1, 0.15) is 68.3 Å². The molecule has 1 aliphatic heterocycles. The Kier molecular flexibility index (Phi) is 4.74. The molecular formula is C28H35N3O. The SMILES string of the molecule is C=C1Cc2ccc(NCc3cc4c(nc3N(CC3CC3)CC3CC3)C(C)(C)CC4)cc2O1. The molecule has 0 amide bonds. The molecule has 168 valence electrons. The fraction of sp³-hybridized carbons (Fsp3) is 0.536. The zero-order valence-corrected chi connectivity index (χ0v) is 19.5. The van der Waals surface area contributed by atoms with Gasteiger partial charge in [-0.2, -0.15) is 0 Å². The van der Waals surface area contributed by atoms with Gasteiger partial charge in [0.1, 0.15) is 17.3 Å². The number of aryl methyl sites for hydroxylation is 1. The summed E-state index contributed by atoms with van der Waals surface area (Å²) < 4.78 is 5.79. The Morgan fingerprint density at radius 2 is 1.84 bits per heavy atom. The quantitative estimate of drug-likeness (QED) is 0.559. The molecule has 4 heteroatoms. The number of hydrogen-bond donors (Lipinski definition) is 1. The topological polar surface area (TPSA) is 37.4 Å². The van der Waals surface area contributed by atoms with Crippen LogP contribution in [0.5, 0.6) is 5.75 Å². The summed E-state index contributed by atoms with van der Waals surface area (Å²) in [5, 5.41) is 3.67. The number of anilines is 2. The van der Waals surface area contributed by atoms with Crippen LogP contribution in [0.4, 0.5) is 11.5 Å². The van der Waals surface area contributed by atoms with Gasteiger partial charge in [-0.15, -0.1) is 0 Å². The number of nitrogens with zero attached hydrogens (tertiary/aromatic N) is 2. The molecule has 3 aliphatic carbocycles. The van der Waals surface area contributed by atoms with Crippen molar-refractivity contribution in [1.29, 1.82) is 0 Å². The summed E-state index contributed by atoms with van der Waals surface area (Å²) in [4.78, 5) is 8.03. The lowest BCUT2D eigenvalue weighted by atomic mass is 9.90. The first-order chi connectivity index (χ1) is 15.4. The molecule has 1 aromatic heterocycles. The molecule has 2 aromatic rings. The maximum Gasteiger partial charge on any atom is 0.133 e. The van der Waals surface area contributed by atoms with Gasteiger partial charge in [-0.1, -0.05) is 26.5 Å². The molecule has 32 heavy (non-hydrogen) atoms. The Bertz CT molecular complexity index is 1050. The fourth-order valence-corrected chi connectivity index (χ4v) is 5.32. The normalized spacial score (nSPS) is 20.6. The number of benzene rings is 1. The highest BCUT2D eigenvalue weighted by Crippen LogP contribution is 2.42. The molecule has 1 aromatic carbocycles. The van der Waals surface area contributed by atoms with Gasteiger partial charge < -0.3 is 15.0 Å². The maximum atomic E-state index is 5.79. The Balaban J connectivity index is 1.30. The number of hydrogen-bond acceptors (Lipinski definition) is 4. The van der Waals surface area contributed by atoms with Gasteiger partial charge in [-0.05, 0) is 68.1 Å². The molecule has 2 heterocycles. The van der Waals surface area contributed by atoms with Crippen LogP contribution < -0.4 is 15.0 Å². The highest BCUT2D eigenvalue weighted by molar-refractivity contribution is 5.58. The standard InChI is InChI=1S/C28H35N3O/c1-18-12-21-8-9-24(14-25(21)32-18)29-15-23-13-22-10-11-28(2,3)26(22)30-27(23)31(16-19-4-5-19)17-20-6-7-20/h8-9,13-14,19-20,29H,1,4-7,10-12,15-17H2,2-3H3. The molecule has 4 aliphatic rings. The van der Waals surface area contributed by atoms with Crippen LogP contribution in [0.15, 0.2) is 36.6 Å². The van der Waals surface area contributed by atoms with Gasteiger partial charge in [0, 0.05) is 54.4 Å². The summed E-state index contributed by atoms with van der Waals surface area (Å²) >= 11 is 0. The Morgan fingerprint density at radius 3 is 2.56 bits per heavy atom. The van der Waals surface area contributed by atoms with E-state index in [0.717, 1.165) is 48.4 Å². The second kappa shape index (κ2) is 7.54. The Labute approximate surface area is 192 Å². The lowest BCUT2D eigenvalue weighted by Gasteiger charge is -2.29. The molecular weight excluding hydrogens is 394 g/mol. The smallest absolute Gasteiger partial charge is 0.133 e. The number of fused-ring (bicyclic) bond motifs is 2. The molecule has 0 bridgehead atoms. The minimum Gasteiger partial charge on any atom is -0.462 e. The van der Waals surface area contributed by atoms with Crippen molar-refractivity contribution >= 4 is 11.5 Å². The molecule has 6 rings (SSSR count). The van der Waals surface area contributed by atoms with Gasteiger partial charge >= 0.3 is 0 Å². The highest BCUT2D eigenvalue weighted by atomic mass is 16.5. The lowest BCUT2D eigenvalue weighted by Crippen LogP contribution is -2.31. The van der Waals surface area contributed by atoms with Crippen molar-refractivity contribution in [2.75, 3.05) is 23.3 Å². The Hall–Kier alpha value is -2.49. The van der Waals surface area contributed by atoms with E-state index in [0.29, 0.717) is 0 Å². The van der Waals surface area contributed by atoms with Gasteiger partial charge in [0.2, 0.25) is 0 Å². The number of ether oxygens (including phenoxy) is 1. The monoisotopic (exact) mass is 429 g/mol. The first-order valence-corrected chi connectivity index (χ1v) is 12.5. The molecule has 0 atom stereocenters. The Morgan fingerprint density at radius 1 is 1.09 bits per heavy atom. The second-order valence-electron chi connectivity index (χ2n) is 11.1. The molecule has 0 radical (unpaired) electrons. The van der Waals surface area contributed by atoms with Gasteiger partial charge in [-0.3, -0.25) is 0 Å². The van der Waals surface area contributed by atoms with Crippen molar-refractivity contribution in [1.82, 2.24) is 4.98 Å². The van der Waals surface area contributed by atoms with E-state index >= 15 is 0 Å². The average molecular weight is 430 g/mol. The van der Waals surface area contributed by atoms with Crippen molar-refractivity contribution in [2.45, 2.75) is 70.8 Å². The van der Waals surface area contributed by atoms with Crippen molar-refractivity contribution in [2.24, 2.45) is 11.8 Å². The summed E-state index contributed by atoms with van der Waals surface area (Å²) in [6.07, 6.45) is 8.68. The van der Waals surface area contributed by atoms with E-state index in [1.807, 2.05) is 0 Å². The van der Waals surface area contributed by atoms with Crippen LogP contribution >= 0.6 is 0 Å². The van der Waals surface area contributed by atoms with Crippen molar-refractivity contribution in [3.63, 3.8) is 0 Å². The third kappa shape index (κ3) is 4.00. The van der Waals surface area contributed by atoms with Crippen molar-refractivity contribution in [3.05, 3.63) is 59.0 Å². The lowest BCUT2D eigenvalue weighted by molar-refractivity contribution is 0.449.